The van der Waals surface area contributed by atoms with Gasteiger partial charge in [-0.1, -0.05) is 13.3 Å². The molecule has 0 aromatic rings. The Hall–Kier alpha value is -0.730. The van der Waals surface area contributed by atoms with Gasteiger partial charge in [0.05, 0.1) is 0 Å². The second kappa shape index (κ2) is 3.60. The Morgan fingerprint density at radius 3 is 2.73 bits per heavy atom. The van der Waals surface area contributed by atoms with E-state index in [0.717, 1.165) is 19.0 Å². The Morgan fingerprint density at radius 1 is 1.64 bits per heavy atom. The first kappa shape index (κ1) is 8.37. The third-order valence-corrected chi connectivity index (χ3v) is 2.16. The first-order chi connectivity index (χ1) is 5.27. The van der Waals surface area contributed by atoms with E-state index in [-0.39, 0.29) is 6.03 Å². The second-order valence-corrected chi connectivity index (χ2v) is 3.11. The molecule has 64 valence electrons. The summed E-state index contributed by atoms with van der Waals surface area (Å²) < 4.78 is 0. The molecule has 1 aliphatic heterocycles. The number of amides is 2. The van der Waals surface area contributed by atoms with Crippen molar-refractivity contribution in [1.29, 1.82) is 0 Å². The van der Waals surface area contributed by atoms with Gasteiger partial charge in [0, 0.05) is 20.1 Å². The highest BCUT2D eigenvalue weighted by Crippen LogP contribution is 2.19. The third kappa shape index (κ3) is 1.85. The van der Waals surface area contributed by atoms with Crippen LogP contribution in [0, 0.1) is 5.92 Å². The lowest BCUT2D eigenvalue weighted by Crippen LogP contribution is -2.52. The molecule has 2 amide bonds. The second-order valence-electron chi connectivity index (χ2n) is 3.11. The van der Waals surface area contributed by atoms with Crippen molar-refractivity contribution in [3.63, 3.8) is 0 Å². The summed E-state index contributed by atoms with van der Waals surface area (Å²) in [6.07, 6.45) is 2.49. The summed E-state index contributed by atoms with van der Waals surface area (Å²) in [6.45, 7) is 4.09. The lowest BCUT2D eigenvalue weighted by atomic mass is 9.96. The Labute approximate surface area is 67.8 Å². The molecule has 0 unspecified atom stereocenters. The smallest absolute Gasteiger partial charge is 0.317 e. The molecule has 0 bridgehead atoms. The van der Waals surface area contributed by atoms with Crippen LogP contribution in [0.2, 0.25) is 0 Å². The number of hydrogen-bond acceptors (Lipinski definition) is 1. The van der Waals surface area contributed by atoms with Crippen molar-refractivity contribution < 1.29 is 4.79 Å². The summed E-state index contributed by atoms with van der Waals surface area (Å²) in [5.74, 6) is 0.761. The van der Waals surface area contributed by atoms with Gasteiger partial charge in [0.25, 0.3) is 0 Å². The number of carbonyl (C=O) groups is 1. The van der Waals surface area contributed by atoms with Gasteiger partial charge in [0.1, 0.15) is 0 Å². The fraction of sp³-hybridized carbons (Fsp3) is 0.875. The molecule has 1 heterocycles. The van der Waals surface area contributed by atoms with Crippen LogP contribution in [0.3, 0.4) is 0 Å². The third-order valence-electron chi connectivity index (χ3n) is 2.16. The summed E-state index contributed by atoms with van der Waals surface area (Å²) in [6, 6.07) is 0.0670. The molecule has 0 atom stereocenters. The van der Waals surface area contributed by atoms with E-state index in [1.165, 1.54) is 12.8 Å². The summed E-state index contributed by atoms with van der Waals surface area (Å²) in [5.41, 5.74) is 0. The standard InChI is InChI=1S/C8H16N2O/c1-3-4-7-5-10(6-7)8(11)9-2/h7H,3-6H2,1-2H3,(H,9,11). The van der Waals surface area contributed by atoms with Crippen molar-refractivity contribution in [2.24, 2.45) is 5.92 Å². The van der Waals surface area contributed by atoms with Crippen molar-refractivity contribution in [2.45, 2.75) is 19.8 Å². The van der Waals surface area contributed by atoms with Crippen LogP contribution in [0.15, 0.2) is 0 Å². The highest BCUT2D eigenvalue weighted by molar-refractivity contribution is 5.74. The average molecular weight is 156 g/mol. The van der Waals surface area contributed by atoms with E-state index in [1.54, 1.807) is 7.05 Å². The highest BCUT2D eigenvalue weighted by Gasteiger charge is 2.28. The zero-order chi connectivity index (χ0) is 8.27. The van der Waals surface area contributed by atoms with Gasteiger partial charge < -0.3 is 10.2 Å². The maximum atomic E-state index is 11.0. The minimum atomic E-state index is 0.0670. The maximum absolute atomic E-state index is 11.0. The van der Waals surface area contributed by atoms with Crippen LogP contribution >= 0.6 is 0 Å². The molecule has 11 heavy (non-hydrogen) atoms. The van der Waals surface area contributed by atoms with Crippen molar-refractivity contribution in [1.82, 2.24) is 10.2 Å². The number of nitrogens with one attached hydrogen (secondary N) is 1. The lowest BCUT2D eigenvalue weighted by Gasteiger charge is -2.38. The minimum Gasteiger partial charge on any atom is -0.341 e. The SMILES string of the molecule is CCCC1CN(C(=O)NC)C1. The van der Waals surface area contributed by atoms with Crippen LogP contribution in [0.25, 0.3) is 0 Å². The van der Waals surface area contributed by atoms with Crippen LogP contribution in [-0.2, 0) is 0 Å². The number of carbonyl (C=O) groups excluding carboxylic acids is 1. The monoisotopic (exact) mass is 156 g/mol. The molecular weight excluding hydrogens is 140 g/mol. The van der Waals surface area contributed by atoms with Crippen LogP contribution < -0.4 is 5.32 Å². The molecule has 0 spiro atoms. The molecule has 0 aromatic heterocycles. The number of rotatable bonds is 2. The summed E-state index contributed by atoms with van der Waals surface area (Å²) in [4.78, 5) is 12.8. The lowest BCUT2D eigenvalue weighted by molar-refractivity contribution is 0.117. The van der Waals surface area contributed by atoms with Crippen molar-refractivity contribution in [3.8, 4) is 0 Å². The van der Waals surface area contributed by atoms with Gasteiger partial charge >= 0.3 is 6.03 Å². The topological polar surface area (TPSA) is 32.3 Å². The number of hydrogen-bond donors (Lipinski definition) is 1. The predicted molar refractivity (Wildman–Crippen MR) is 44.4 cm³/mol. The molecule has 0 aliphatic carbocycles. The van der Waals surface area contributed by atoms with E-state index in [1.807, 2.05) is 4.90 Å². The zero-order valence-corrected chi connectivity index (χ0v) is 7.26. The fourth-order valence-corrected chi connectivity index (χ4v) is 1.48. The molecule has 1 N–H and O–H groups in total. The first-order valence-electron chi connectivity index (χ1n) is 4.24. The van der Waals surface area contributed by atoms with E-state index in [0.29, 0.717) is 0 Å². The molecule has 1 aliphatic rings. The van der Waals surface area contributed by atoms with Crippen LogP contribution in [0.1, 0.15) is 19.8 Å². The van der Waals surface area contributed by atoms with Gasteiger partial charge in [-0.3, -0.25) is 0 Å². The summed E-state index contributed by atoms with van der Waals surface area (Å²) in [7, 11) is 1.68. The molecule has 0 radical (unpaired) electrons. The number of nitrogens with zero attached hydrogens (tertiary/aromatic N) is 1. The van der Waals surface area contributed by atoms with E-state index < -0.39 is 0 Å². The molecule has 3 nitrogen and oxygen atoms in total. The van der Waals surface area contributed by atoms with Crippen LogP contribution in [0.4, 0.5) is 4.79 Å². The molecular formula is C8H16N2O. The van der Waals surface area contributed by atoms with E-state index in [9.17, 15) is 4.79 Å². The van der Waals surface area contributed by atoms with Gasteiger partial charge in [0.2, 0.25) is 0 Å². The summed E-state index contributed by atoms with van der Waals surface area (Å²) >= 11 is 0. The summed E-state index contributed by atoms with van der Waals surface area (Å²) in [5, 5.41) is 2.62. The van der Waals surface area contributed by atoms with Gasteiger partial charge in [-0.2, -0.15) is 0 Å². The molecule has 1 rings (SSSR count). The maximum Gasteiger partial charge on any atom is 0.317 e. The number of urea groups is 1. The molecule has 0 aromatic carbocycles. The van der Waals surface area contributed by atoms with Gasteiger partial charge in [-0.15, -0.1) is 0 Å². The first-order valence-corrected chi connectivity index (χ1v) is 4.24. The quantitative estimate of drug-likeness (QED) is 0.637. The molecule has 1 saturated heterocycles. The number of likely N-dealkylation sites (tertiary alicyclic amines) is 1. The van der Waals surface area contributed by atoms with Gasteiger partial charge in [-0.05, 0) is 12.3 Å². The highest BCUT2D eigenvalue weighted by atomic mass is 16.2. The minimum absolute atomic E-state index is 0.0670. The molecule has 0 saturated carbocycles. The molecule has 1 fully saturated rings. The Bertz CT molecular complexity index is 141. The van der Waals surface area contributed by atoms with Crippen molar-refractivity contribution in [2.75, 3.05) is 20.1 Å². The predicted octanol–water partition coefficient (Wildman–Crippen LogP) is 1.06. The van der Waals surface area contributed by atoms with E-state index >= 15 is 0 Å². The fourth-order valence-electron chi connectivity index (χ4n) is 1.48. The Balaban J connectivity index is 2.13. The Morgan fingerprint density at radius 2 is 2.27 bits per heavy atom. The molecule has 3 heteroatoms. The van der Waals surface area contributed by atoms with Crippen LogP contribution in [-0.4, -0.2) is 31.1 Å². The average Bonchev–Trinajstić information content (AvgIpc) is 1.94. The van der Waals surface area contributed by atoms with Crippen molar-refractivity contribution >= 4 is 6.03 Å². The Kier molecular flexibility index (Phi) is 2.74. The van der Waals surface area contributed by atoms with Crippen molar-refractivity contribution in [3.05, 3.63) is 0 Å². The normalized spacial score (nSPS) is 17.8. The zero-order valence-electron chi connectivity index (χ0n) is 7.26. The van der Waals surface area contributed by atoms with E-state index in [2.05, 4.69) is 12.2 Å². The van der Waals surface area contributed by atoms with Gasteiger partial charge in [-0.25, -0.2) is 4.79 Å². The largest absolute Gasteiger partial charge is 0.341 e. The van der Waals surface area contributed by atoms with Crippen LogP contribution in [0.5, 0.6) is 0 Å². The van der Waals surface area contributed by atoms with E-state index in [4.69, 9.17) is 0 Å². The van der Waals surface area contributed by atoms with Gasteiger partial charge in [0.15, 0.2) is 0 Å².